The van der Waals surface area contributed by atoms with Crippen LogP contribution in [0.3, 0.4) is 0 Å². The van der Waals surface area contributed by atoms with Gasteiger partial charge in [0.15, 0.2) is 5.78 Å². The molecule has 0 aromatic heterocycles. The van der Waals surface area contributed by atoms with Gasteiger partial charge in [-0.05, 0) is 42.8 Å². The Morgan fingerprint density at radius 3 is 2.42 bits per heavy atom. The third-order valence-corrected chi connectivity index (χ3v) is 2.79. The molecule has 0 saturated heterocycles. The zero-order valence-corrected chi connectivity index (χ0v) is 10.2. The van der Waals surface area contributed by atoms with Crippen molar-refractivity contribution >= 4 is 11.8 Å². The van der Waals surface area contributed by atoms with E-state index >= 15 is 0 Å². The van der Waals surface area contributed by atoms with E-state index in [1.165, 1.54) is 37.3 Å². The summed E-state index contributed by atoms with van der Waals surface area (Å²) in [7, 11) is 0. The van der Waals surface area contributed by atoms with Crippen LogP contribution in [-0.2, 0) is 0 Å². The fraction of sp³-hybridized carbons (Fsp3) is 0.0667. The molecule has 0 atom stereocenters. The first-order chi connectivity index (χ1) is 8.99. The van der Waals surface area contributed by atoms with Crippen molar-refractivity contribution in [3.63, 3.8) is 0 Å². The van der Waals surface area contributed by atoms with Crippen molar-refractivity contribution < 1.29 is 19.1 Å². The van der Waals surface area contributed by atoms with Gasteiger partial charge in [-0.15, -0.1) is 0 Å². The van der Waals surface area contributed by atoms with Gasteiger partial charge in [-0.3, -0.25) is 4.79 Å². The van der Waals surface area contributed by atoms with Gasteiger partial charge in [0.2, 0.25) is 0 Å². The molecule has 0 aliphatic rings. The minimum atomic E-state index is -1.08. The Bertz CT molecular complexity index is 662. The van der Waals surface area contributed by atoms with Crippen LogP contribution in [0.15, 0.2) is 42.5 Å². The van der Waals surface area contributed by atoms with E-state index in [2.05, 4.69) is 0 Å². The number of carboxylic acids is 1. The highest BCUT2D eigenvalue weighted by Crippen LogP contribution is 2.25. The number of Topliss-reactive ketones (excluding diaryl/α,β-unsaturated/α-hetero) is 1. The highest BCUT2D eigenvalue weighted by Gasteiger charge is 2.10. The Balaban J connectivity index is 2.57. The van der Waals surface area contributed by atoms with Crippen LogP contribution >= 0.6 is 0 Å². The lowest BCUT2D eigenvalue weighted by Gasteiger charge is -2.06. The standard InChI is InChI=1S/C15H11FO3/c1-9(17)10-5-6-14(16)13(8-10)11-3-2-4-12(7-11)15(18)19/h2-8H,1H3,(H,18,19). The molecule has 0 spiro atoms. The fourth-order valence-electron chi connectivity index (χ4n) is 1.79. The van der Waals surface area contributed by atoms with Gasteiger partial charge in [-0.25, -0.2) is 9.18 Å². The number of carboxylic acid groups (broad SMARTS) is 1. The Labute approximate surface area is 109 Å². The highest BCUT2D eigenvalue weighted by molar-refractivity contribution is 5.95. The number of carbonyl (C=O) groups excluding carboxylic acids is 1. The second kappa shape index (κ2) is 5.02. The quantitative estimate of drug-likeness (QED) is 0.858. The average Bonchev–Trinajstić information content (AvgIpc) is 2.39. The molecule has 0 aliphatic carbocycles. The number of benzene rings is 2. The molecule has 96 valence electrons. The maximum absolute atomic E-state index is 13.8. The summed E-state index contributed by atoms with van der Waals surface area (Å²) in [5, 5.41) is 8.92. The average molecular weight is 258 g/mol. The third kappa shape index (κ3) is 2.68. The van der Waals surface area contributed by atoms with E-state index in [-0.39, 0.29) is 16.9 Å². The zero-order valence-electron chi connectivity index (χ0n) is 10.2. The molecule has 0 heterocycles. The Morgan fingerprint density at radius 1 is 1.05 bits per heavy atom. The minimum Gasteiger partial charge on any atom is -0.478 e. The zero-order chi connectivity index (χ0) is 14.0. The molecule has 3 nitrogen and oxygen atoms in total. The van der Waals surface area contributed by atoms with E-state index in [1.807, 2.05) is 0 Å². The summed E-state index contributed by atoms with van der Waals surface area (Å²) < 4.78 is 13.8. The van der Waals surface area contributed by atoms with Crippen LogP contribution in [0, 0.1) is 5.82 Å². The number of hydrogen-bond donors (Lipinski definition) is 1. The summed E-state index contributed by atoms with van der Waals surface area (Å²) in [6.45, 7) is 1.39. The van der Waals surface area contributed by atoms with Crippen molar-refractivity contribution in [2.45, 2.75) is 6.92 Å². The monoisotopic (exact) mass is 258 g/mol. The SMILES string of the molecule is CC(=O)c1ccc(F)c(-c2cccc(C(=O)O)c2)c1. The van der Waals surface area contributed by atoms with E-state index in [0.29, 0.717) is 11.1 Å². The Hall–Kier alpha value is -2.49. The van der Waals surface area contributed by atoms with Crippen molar-refractivity contribution in [3.8, 4) is 11.1 Å². The largest absolute Gasteiger partial charge is 0.478 e. The van der Waals surface area contributed by atoms with Crippen LogP contribution in [0.25, 0.3) is 11.1 Å². The Kier molecular flexibility index (Phi) is 3.42. The van der Waals surface area contributed by atoms with Gasteiger partial charge in [0, 0.05) is 11.1 Å². The molecular formula is C15H11FO3. The van der Waals surface area contributed by atoms with Gasteiger partial charge in [-0.1, -0.05) is 12.1 Å². The van der Waals surface area contributed by atoms with Gasteiger partial charge >= 0.3 is 5.97 Å². The van der Waals surface area contributed by atoms with Gasteiger partial charge in [0.1, 0.15) is 5.82 Å². The Morgan fingerprint density at radius 2 is 1.79 bits per heavy atom. The van der Waals surface area contributed by atoms with Crippen LogP contribution < -0.4 is 0 Å². The summed E-state index contributed by atoms with van der Waals surface area (Å²) in [4.78, 5) is 22.2. The summed E-state index contributed by atoms with van der Waals surface area (Å²) in [6, 6.07) is 10.00. The molecule has 0 aliphatic heterocycles. The van der Waals surface area contributed by atoms with Crippen molar-refractivity contribution in [3.05, 3.63) is 59.4 Å². The number of rotatable bonds is 3. The van der Waals surface area contributed by atoms with E-state index in [4.69, 9.17) is 5.11 Å². The van der Waals surface area contributed by atoms with E-state index in [9.17, 15) is 14.0 Å². The van der Waals surface area contributed by atoms with Crippen molar-refractivity contribution in [1.29, 1.82) is 0 Å². The first-order valence-electron chi connectivity index (χ1n) is 5.63. The van der Waals surface area contributed by atoms with Gasteiger partial charge < -0.3 is 5.11 Å². The molecule has 0 saturated carbocycles. The predicted molar refractivity (Wildman–Crippen MR) is 68.8 cm³/mol. The number of aromatic carboxylic acids is 1. The predicted octanol–water partition coefficient (Wildman–Crippen LogP) is 3.39. The van der Waals surface area contributed by atoms with Gasteiger partial charge in [0.25, 0.3) is 0 Å². The van der Waals surface area contributed by atoms with Crippen LogP contribution in [0.2, 0.25) is 0 Å². The minimum absolute atomic E-state index is 0.0742. The van der Waals surface area contributed by atoms with Crippen molar-refractivity contribution in [2.24, 2.45) is 0 Å². The molecule has 4 heteroatoms. The van der Waals surface area contributed by atoms with Gasteiger partial charge in [0.05, 0.1) is 5.56 Å². The maximum atomic E-state index is 13.8. The molecule has 0 radical (unpaired) electrons. The molecule has 1 N–H and O–H groups in total. The molecule has 0 amide bonds. The first-order valence-corrected chi connectivity index (χ1v) is 5.63. The lowest BCUT2D eigenvalue weighted by atomic mass is 9.99. The van der Waals surface area contributed by atoms with Gasteiger partial charge in [-0.2, -0.15) is 0 Å². The fourth-order valence-corrected chi connectivity index (χ4v) is 1.79. The lowest BCUT2D eigenvalue weighted by Crippen LogP contribution is -1.98. The molecule has 0 unspecified atom stereocenters. The molecule has 0 fully saturated rings. The topological polar surface area (TPSA) is 54.4 Å². The van der Waals surface area contributed by atoms with Crippen LogP contribution in [0.5, 0.6) is 0 Å². The number of halogens is 1. The molecular weight excluding hydrogens is 247 g/mol. The summed E-state index contributed by atoms with van der Waals surface area (Å²) in [5.41, 5.74) is 1.11. The first kappa shape index (κ1) is 13.0. The molecule has 2 aromatic carbocycles. The summed E-state index contributed by atoms with van der Waals surface area (Å²) in [5.74, 6) is -1.74. The molecule has 0 bridgehead atoms. The van der Waals surface area contributed by atoms with Crippen LogP contribution in [0.1, 0.15) is 27.6 Å². The van der Waals surface area contributed by atoms with Crippen LogP contribution in [0.4, 0.5) is 4.39 Å². The molecule has 2 rings (SSSR count). The highest BCUT2D eigenvalue weighted by atomic mass is 19.1. The van der Waals surface area contributed by atoms with E-state index in [1.54, 1.807) is 12.1 Å². The number of ketones is 1. The summed E-state index contributed by atoms with van der Waals surface area (Å²) >= 11 is 0. The van der Waals surface area contributed by atoms with E-state index < -0.39 is 11.8 Å². The second-order valence-electron chi connectivity index (χ2n) is 4.14. The van der Waals surface area contributed by atoms with E-state index in [0.717, 1.165) is 0 Å². The normalized spacial score (nSPS) is 10.2. The number of hydrogen-bond acceptors (Lipinski definition) is 2. The third-order valence-electron chi connectivity index (χ3n) is 2.79. The molecule has 2 aromatic rings. The van der Waals surface area contributed by atoms with Crippen molar-refractivity contribution in [1.82, 2.24) is 0 Å². The smallest absolute Gasteiger partial charge is 0.335 e. The van der Waals surface area contributed by atoms with Crippen molar-refractivity contribution in [2.75, 3.05) is 0 Å². The summed E-state index contributed by atoms with van der Waals surface area (Å²) in [6.07, 6.45) is 0. The lowest BCUT2D eigenvalue weighted by molar-refractivity contribution is 0.0696. The van der Waals surface area contributed by atoms with Crippen LogP contribution in [-0.4, -0.2) is 16.9 Å². The molecule has 19 heavy (non-hydrogen) atoms. The number of carbonyl (C=O) groups is 2. The maximum Gasteiger partial charge on any atom is 0.335 e. The second-order valence-corrected chi connectivity index (χ2v) is 4.14.